The van der Waals surface area contributed by atoms with Gasteiger partial charge in [-0.15, -0.1) is 0 Å². The molecule has 0 spiro atoms. The van der Waals surface area contributed by atoms with Crippen molar-refractivity contribution in [2.45, 2.75) is 0 Å². The van der Waals surface area contributed by atoms with Crippen molar-refractivity contribution < 1.29 is 14.3 Å². The van der Waals surface area contributed by atoms with Crippen LogP contribution in [0.5, 0.6) is 5.75 Å². The minimum atomic E-state index is -0.230. The lowest BCUT2D eigenvalue weighted by Crippen LogP contribution is -2.17. The number of carbonyl (C=O) groups is 1. The second kappa shape index (κ2) is 6.91. The summed E-state index contributed by atoms with van der Waals surface area (Å²) in [4.78, 5) is 16.7. The summed E-state index contributed by atoms with van der Waals surface area (Å²) in [5.74, 6) is 0.935. The molecule has 0 atom stereocenters. The van der Waals surface area contributed by atoms with E-state index < -0.39 is 0 Å². The maximum absolute atomic E-state index is 12.5. The van der Waals surface area contributed by atoms with E-state index in [2.05, 4.69) is 15.6 Å². The van der Waals surface area contributed by atoms with Crippen LogP contribution in [0, 0.1) is 0 Å². The molecule has 22 heavy (non-hydrogen) atoms. The standard InChI is InChI=1S/C16H17N3O3/c20-16-12-4-3-7-17-15(12)18-8-9-21-10-11-22-14-6-2-1-5-13(14)19-16/h1-7H,8-11H2,(H,17,18)(H,19,20). The number of benzene rings is 1. The number of nitrogens with one attached hydrogen (secondary N) is 2. The molecule has 0 fully saturated rings. The highest BCUT2D eigenvalue weighted by Gasteiger charge is 2.14. The fourth-order valence-corrected chi connectivity index (χ4v) is 2.17. The molecule has 1 aromatic carbocycles. The molecular weight excluding hydrogens is 282 g/mol. The van der Waals surface area contributed by atoms with Crippen LogP contribution in [0.15, 0.2) is 42.6 Å². The van der Waals surface area contributed by atoms with Crippen LogP contribution in [-0.2, 0) is 4.74 Å². The maximum Gasteiger partial charge on any atom is 0.259 e. The zero-order valence-electron chi connectivity index (χ0n) is 12.0. The number of fused-ring (bicyclic) bond motifs is 2. The van der Waals surface area contributed by atoms with Crippen LogP contribution >= 0.6 is 0 Å². The van der Waals surface area contributed by atoms with Gasteiger partial charge in [-0.2, -0.15) is 0 Å². The molecule has 3 rings (SSSR count). The molecule has 6 heteroatoms. The summed E-state index contributed by atoms with van der Waals surface area (Å²) in [5, 5.41) is 5.99. The Morgan fingerprint density at radius 2 is 1.95 bits per heavy atom. The minimum absolute atomic E-state index is 0.230. The van der Waals surface area contributed by atoms with E-state index in [-0.39, 0.29) is 5.91 Å². The van der Waals surface area contributed by atoms with Crippen molar-refractivity contribution in [2.24, 2.45) is 0 Å². The number of rotatable bonds is 0. The van der Waals surface area contributed by atoms with Gasteiger partial charge in [0, 0.05) is 12.7 Å². The number of anilines is 2. The quantitative estimate of drug-likeness (QED) is 0.780. The van der Waals surface area contributed by atoms with Gasteiger partial charge in [0.05, 0.1) is 24.5 Å². The lowest BCUT2D eigenvalue weighted by atomic mass is 10.2. The van der Waals surface area contributed by atoms with Crippen molar-refractivity contribution >= 4 is 17.4 Å². The molecule has 2 aromatic rings. The summed E-state index contributed by atoms with van der Waals surface area (Å²) >= 11 is 0. The third-order valence-corrected chi connectivity index (χ3v) is 3.21. The molecular formula is C16H17N3O3. The molecule has 0 bridgehead atoms. The van der Waals surface area contributed by atoms with Crippen molar-refractivity contribution in [3.63, 3.8) is 0 Å². The molecule has 2 N–H and O–H groups in total. The molecule has 1 amide bonds. The van der Waals surface area contributed by atoms with Gasteiger partial charge < -0.3 is 20.1 Å². The highest BCUT2D eigenvalue weighted by molar-refractivity contribution is 6.08. The van der Waals surface area contributed by atoms with Crippen LogP contribution in [-0.4, -0.2) is 37.3 Å². The third kappa shape index (κ3) is 3.35. The van der Waals surface area contributed by atoms with E-state index in [1.165, 1.54) is 0 Å². The molecule has 1 aliphatic rings. The first-order valence-corrected chi connectivity index (χ1v) is 7.14. The van der Waals surface area contributed by atoms with Gasteiger partial charge in [-0.25, -0.2) is 4.98 Å². The molecule has 2 heterocycles. The lowest BCUT2D eigenvalue weighted by Gasteiger charge is -2.12. The average Bonchev–Trinajstić information content (AvgIpc) is 2.56. The van der Waals surface area contributed by atoms with Crippen LogP contribution in [0.2, 0.25) is 0 Å². The third-order valence-electron chi connectivity index (χ3n) is 3.21. The molecule has 0 saturated carbocycles. The fourth-order valence-electron chi connectivity index (χ4n) is 2.17. The van der Waals surface area contributed by atoms with E-state index in [9.17, 15) is 4.79 Å². The van der Waals surface area contributed by atoms with E-state index in [0.29, 0.717) is 49.2 Å². The summed E-state index contributed by atoms with van der Waals surface area (Å²) in [6.45, 7) is 2.00. The van der Waals surface area contributed by atoms with Crippen LogP contribution < -0.4 is 15.4 Å². The molecule has 6 nitrogen and oxygen atoms in total. The van der Waals surface area contributed by atoms with Crippen molar-refractivity contribution in [1.29, 1.82) is 0 Å². The summed E-state index contributed by atoms with van der Waals surface area (Å²) in [6.07, 6.45) is 1.65. The fraction of sp³-hybridized carbons (Fsp3) is 0.250. The first-order valence-electron chi connectivity index (χ1n) is 7.14. The van der Waals surface area contributed by atoms with E-state index in [1.807, 2.05) is 18.2 Å². The number of hydrogen-bond donors (Lipinski definition) is 2. The minimum Gasteiger partial charge on any atom is -0.489 e. The smallest absolute Gasteiger partial charge is 0.259 e. The van der Waals surface area contributed by atoms with E-state index in [1.54, 1.807) is 24.4 Å². The molecule has 0 radical (unpaired) electrons. The van der Waals surface area contributed by atoms with Gasteiger partial charge in [-0.1, -0.05) is 12.1 Å². The molecule has 1 aliphatic heterocycles. The van der Waals surface area contributed by atoms with E-state index in [0.717, 1.165) is 0 Å². The summed E-state index contributed by atoms with van der Waals surface area (Å²) < 4.78 is 11.1. The number of ether oxygens (including phenoxy) is 2. The highest BCUT2D eigenvalue weighted by Crippen LogP contribution is 2.25. The number of carbonyl (C=O) groups excluding carboxylic acids is 1. The van der Waals surface area contributed by atoms with Gasteiger partial charge in [-0.05, 0) is 24.3 Å². The van der Waals surface area contributed by atoms with E-state index in [4.69, 9.17) is 9.47 Å². The topological polar surface area (TPSA) is 72.5 Å². The first kappa shape index (κ1) is 14.3. The van der Waals surface area contributed by atoms with Gasteiger partial charge in [0.25, 0.3) is 5.91 Å². The summed E-state index contributed by atoms with van der Waals surface area (Å²) in [7, 11) is 0. The number of nitrogens with zero attached hydrogens (tertiary/aromatic N) is 1. The van der Waals surface area contributed by atoms with Crippen LogP contribution in [0.4, 0.5) is 11.5 Å². The zero-order valence-corrected chi connectivity index (χ0v) is 12.0. The van der Waals surface area contributed by atoms with Crippen LogP contribution in [0.25, 0.3) is 0 Å². The number of hydrogen-bond acceptors (Lipinski definition) is 5. The van der Waals surface area contributed by atoms with Crippen molar-refractivity contribution in [3.05, 3.63) is 48.2 Å². The van der Waals surface area contributed by atoms with Crippen LogP contribution in [0.1, 0.15) is 10.4 Å². The predicted octanol–water partition coefficient (Wildman–Crippen LogP) is 2.15. The lowest BCUT2D eigenvalue weighted by molar-refractivity contribution is 0.102. The second-order valence-electron chi connectivity index (χ2n) is 4.74. The normalized spacial score (nSPS) is 15.5. The average molecular weight is 299 g/mol. The Kier molecular flexibility index (Phi) is 4.50. The number of para-hydroxylation sites is 2. The van der Waals surface area contributed by atoms with E-state index >= 15 is 0 Å². The van der Waals surface area contributed by atoms with Gasteiger partial charge in [0.1, 0.15) is 18.2 Å². The highest BCUT2D eigenvalue weighted by atomic mass is 16.5. The van der Waals surface area contributed by atoms with Crippen molar-refractivity contribution in [3.8, 4) is 5.75 Å². The maximum atomic E-state index is 12.5. The molecule has 0 aliphatic carbocycles. The largest absolute Gasteiger partial charge is 0.489 e. The molecule has 0 saturated heterocycles. The second-order valence-corrected chi connectivity index (χ2v) is 4.74. The Morgan fingerprint density at radius 1 is 1.05 bits per heavy atom. The molecule has 0 unspecified atom stereocenters. The Bertz CT molecular complexity index is 661. The zero-order chi connectivity index (χ0) is 15.2. The summed E-state index contributed by atoms with van der Waals surface area (Å²) in [5.41, 5.74) is 1.11. The summed E-state index contributed by atoms with van der Waals surface area (Å²) in [6, 6.07) is 10.8. The first-order chi connectivity index (χ1) is 10.8. The van der Waals surface area contributed by atoms with Gasteiger partial charge >= 0.3 is 0 Å². The van der Waals surface area contributed by atoms with Crippen LogP contribution in [0.3, 0.4) is 0 Å². The Balaban J connectivity index is 1.92. The molecule has 114 valence electrons. The number of amides is 1. The van der Waals surface area contributed by atoms with Gasteiger partial charge in [-0.3, -0.25) is 4.79 Å². The van der Waals surface area contributed by atoms with Gasteiger partial charge in [0.15, 0.2) is 0 Å². The number of aromatic nitrogens is 1. The van der Waals surface area contributed by atoms with Gasteiger partial charge in [0.2, 0.25) is 0 Å². The SMILES string of the molecule is O=C1Nc2ccccc2OCCOCCNc2ncccc21. The number of pyridine rings is 1. The Labute approximate surface area is 128 Å². The Morgan fingerprint density at radius 3 is 2.91 bits per heavy atom. The monoisotopic (exact) mass is 299 g/mol. The van der Waals surface area contributed by atoms with Crippen molar-refractivity contribution in [1.82, 2.24) is 4.98 Å². The predicted molar refractivity (Wildman–Crippen MR) is 83.4 cm³/mol. The molecule has 1 aromatic heterocycles. The van der Waals surface area contributed by atoms with Crippen molar-refractivity contribution in [2.75, 3.05) is 37.0 Å². The Hall–Kier alpha value is -2.60.